The highest BCUT2D eigenvalue weighted by molar-refractivity contribution is 7.09. The van der Waals surface area contributed by atoms with Gasteiger partial charge in [-0.2, -0.15) is 5.10 Å². The number of nitrogens with one attached hydrogen (secondary N) is 1. The third kappa shape index (κ3) is 2.87. The number of hydrogen-bond acceptors (Lipinski definition) is 4. The average Bonchev–Trinajstić information content (AvgIpc) is 2.98. The van der Waals surface area contributed by atoms with Gasteiger partial charge >= 0.3 is 0 Å². The molecule has 0 spiro atoms. The number of hydrogen-bond donors (Lipinski definition) is 1. The van der Waals surface area contributed by atoms with Crippen molar-refractivity contribution in [3.05, 3.63) is 33.5 Å². The lowest BCUT2D eigenvalue weighted by molar-refractivity contribution is 0.672. The molecule has 4 nitrogen and oxygen atoms in total. The van der Waals surface area contributed by atoms with E-state index in [1.54, 1.807) is 11.3 Å². The summed E-state index contributed by atoms with van der Waals surface area (Å²) < 4.78 is 1.88. The first-order valence-electron chi connectivity index (χ1n) is 6.71. The largest absolute Gasteiger partial charge is 0.307 e. The zero-order valence-corrected chi connectivity index (χ0v) is 13.1. The summed E-state index contributed by atoms with van der Waals surface area (Å²) in [7, 11) is 3.95. The molecule has 1 unspecified atom stereocenters. The lowest BCUT2D eigenvalue weighted by Crippen LogP contribution is -2.18. The monoisotopic (exact) mass is 278 g/mol. The number of aromatic nitrogens is 3. The van der Waals surface area contributed by atoms with E-state index < -0.39 is 0 Å². The van der Waals surface area contributed by atoms with Gasteiger partial charge in [0.05, 0.1) is 17.4 Å². The molecule has 0 aliphatic heterocycles. The van der Waals surface area contributed by atoms with Gasteiger partial charge in [-0.15, -0.1) is 11.3 Å². The van der Waals surface area contributed by atoms with Crippen LogP contribution in [0, 0.1) is 0 Å². The van der Waals surface area contributed by atoms with Crippen LogP contribution >= 0.6 is 11.3 Å². The van der Waals surface area contributed by atoms with E-state index in [0.717, 1.165) is 17.1 Å². The van der Waals surface area contributed by atoms with E-state index >= 15 is 0 Å². The van der Waals surface area contributed by atoms with Crippen LogP contribution in [0.15, 0.2) is 11.6 Å². The first-order chi connectivity index (χ1) is 9.06. The van der Waals surface area contributed by atoms with Crippen molar-refractivity contribution in [2.75, 3.05) is 7.05 Å². The molecule has 2 aromatic rings. The zero-order valence-electron chi connectivity index (χ0n) is 12.3. The van der Waals surface area contributed by atoms with Gasteiger partial charge in [0.2, 0.25) is 0 Å². The Hall–Kier alpha value is -1.20. The number of nitrogens with zero attached hydrogens (tertiary/aromatic N) is 3. The molecule has 0 radical (unpaired) electrons. The van der Waals surface area contributed by atoms with Crippen molar-refractivity contribution in [3.63, 3.8) is 0 Å². The van der Waals surface area contributed by atoms with E-state index in [1.165, 1.54) is 11.3 Å². The van der Waals surface area contributed by atoms with Crippen LogP contribution in [0.25, 0.3) is 0 Å². The van der Waals surface area contributed by atoms with Gasteiger partial charge in [-0.1, -0.05) is 20.8 Å². The van der Waals surface area contributed by atoms with Gasteiger partial charge in [-0.05, 0) is 19.4 Å². The van der Waals surface area contributed by atoms with Crippen molar-refractivity contribution >= 4 is 11.3 Å². The van der Waals surface area contributed by atoms with E-state index in [4.69, 9.17) is 4.98 Å². The number of aryl methyl sites for hydroxylation is 2. The lowest BCUT2D eigenvalue weighted by Gasteiger charge is -2.13. The Morgan fingerprint density at radius 2 is 2.16 bits per heavy atom. The lowest BCUT2D eigenvalue weighted by atomic mass is 10.1. The number of thiazole rings is 1. The van der Waals surface area contributed by atoms with Crippen molar-refractivity contribution in [1.29, 1.82) is 0 Å². The Bertz CT molecular complexity index is 541. The second kappa shape index (κ2) is 5.84. The minimum absolute atomic E-state index is 0.140. The second-order valence-corrected chi connectivity index (χ2v) is 5.94. The molecule has 19 heavy (non-hydrogen) atoms. The first kappa shape index (κ1) is 14.2. The molecule has 2 aromatic heterocycles. The maximum absolute atomic E-state index is 4.76. The fraction of sp³-hybridized carbons (Fsp3) is 0.571. The highest BCUT2D eigenvalue weighted by Crippen LogP contribution is 2.29. The van der Waals surface area contributed by atoms with Crippen LogP contribution in [0.2, 0.25) is 0 Å². The third-order valence-corrected chi connectivity index (χ3v) is 4.18. The van der Waals surface area contributed by atoms with Crippen LogP contribution in [-0.4, -0.2) is 21.8 Å². The molecule has 5 heteroatoms. The van der Waals surface area contributed by atoms with E-state index in [1.807, 2.05) is 18.8 Å². The van der Waals surface area contributed by atoms with Crippen LogP contribution in [0.1, 0.15) is 54.7 Å². The minimum Gasteiger partial charge on any atom is -0.307 e. The van der Waals surface area contributed by atoms with Crippen LogP contribution in [0.3, 0.4) is 0 Å². The topological polar surface area (TPSA) is 42.7 Å². The molecule has 0 aliphatic carbocycles. The number of rotatable bonds is 5. The van der Waals surface area contributed by atoms with Gasteiger partial charge in [-0.3, -0.25) is 4.68 Å². The molecule has 0 saturated heterocycles. The molecule has 0 fully saturated rings. The van der Waals surface area contributed by atoms with Crippen LogP contribution < -0.4 is 5.32 Å². The molecule has 104 valence electrons. The normalized spacial score (nSPS) is 13.2. The van der Waals surface area contributed by atoms with Crippen molar-refractivity contribution in [2.24, 2.45) is 7.05 Å². The Morgan fingerprint density at radius 1 is 1.42 bits per heavy atom. The fourth-order valence-electron chi connectivity index (χ4n) is 2.18. The van der Waals surface area contributed by atoms with Gasteiger partial charge in [0.15, 0.2) is 0 Å². The summed E-state index contributed by atoms with van der Waals surface area (Å²) in [5, 5.41) is 11.2. The molecule has 1 atom stereocenters. The third-order valence-electron chi connectivity index (χ3n) is 3.25. The predicted octanol–water partition coefficient (Wildman–Crippen LogP) is 2.87. The molecule has 0 saturated carbocycles. The van der Waals surface area contributed by atoms with E-state index in [2.05, 4.69) is 42.8 Å². The first-order valence-corrected chi connectivity index (χ1v) is 7.59. The maximum atomic E-state index is 4.76. The van der Waals surface area contributed by atoms with E-state index in [-0.39, 0.29) is 6.04 Å². The van der Waals surface area contributed by atoms with Gasteiger partial charge < -0.3 is 5.32 Å². The molecule has 0 bridgehead atoms. The summed E-state index contributed by atoms with van der Waals surface area (Å²) in [5.41, 5.74) is 3.54. The molecule has 2 heterocycles. The molecule has 0 amide bonds. The van der Waals surface area contributed by atoms with Crippen molar-refractivity contribution in [2.45, 2.75) is 39.2 Å². The molecule has 0 aromatic carbocycles. The van der Waals surface area contributed by atoms with Crippen LogP contribution in [0.4, 0.5) is 0 Å². The smallest absolute Gasteiger partial charge is 0.115 e. The molecule has 1 N–H and O–H groups in total. The van der Waals surface area contributed by atoms with Crippen LogP contribution in [0.5, 0.6) is 0 Å². The van der Waals surface area contributed by atoms with Gasteiger partial charge in [-0.25, -0.2) is 4.98 Å². The minimum atomic E-state index is 0.140. The SMILES string of the molecule is CCc1nn(C)cc1C(NC)c1nc(C(C)C)cs1. The van der Waals surface area contributed by atoms with Crippen molar-refractivity contribution in [1.82, 2.24) is 20.1 Å². The molecular weight excluding hydrogens is 256 g/mol. The van der Waals surface area contributed by atoms with E-state index in [9.17, 15) is 0 Å². The molecule has 2 rings (SSSR count). The maximum Gasteiger partial charge on any atom is 0.115 e. The van der Waals surface area contributed by atoms with Gasteiger partial charge in [0.1, 0.15) is 5.01 Å². The van der Waals surface area contributed by atoms with E-state index in [0.29, 0.717) is 5.92 Å². The standard InChI is InChI=1S/C14H22N4S/c1-6-11-10(7-18(5)17-11)13(15-4)14-16-12(8-19-14)9(2)3/h7-9,13,15H,6H2,1-5H3. The van der Waals surface area contributed by atoms with Crippen molar-refractivity contribution < 1.29 is 0 Å². The van der Waals surface area contributed by atoms with Gasteiger partial charge in [0, 0.05) is 24.2 Å². The highest BCUT2D eigenvalue weighted by Gasteiger charge is 2.21. The zero-order chi connectivity index (χ0) is 14.0. The summed E-state index contributed by atoms with van der Waals surface area (Å²) in [6.07, 6.45) is 3.03. The molecule has 0 aliphatic rings. The summed E-state index contributed by atoms with van der Waals surface area (Å²) in [4.78, 5) is 4.76. The average molecular weight is 278 g/mol. The Morgan fingerprint density at radius 3 is 2.68 bits per heavy atom. The summed E-state index contributed by atoms with van der Waals surface area (Å²) in [6.45, 7) is 6.49. The summed E-state index contributed by atoms with van der Waals surface area (Å²) in [5.74, 6) is 0.474. The highest BCUT2D eigenvalue weighted by atomic mass is 32.1. The Labute approximate surface area is 118 Å². The fourth-order valence-corrected chi connectivity index (χ4v) is 3.28. The van der Waals surface area contributed by atoms with Gasteiger partial charge in [0.25, 0.3) is 0 Å². The molecular formula is C14H22N4S. The Balaban J connectivity index is 2.37. The summed E-state index contributed by atoms with van der Waals surface area (Å²) >= 11 is 1.72. The second-order valence-electron chi connectivity index (χ2n) is 5.05. The Kier molecular flexibility index (Phi) is 4.37. The summed E-state index contributed by atoms with van der Waals surface area (Å²) in [6, 6.07) is 0.140. The van der Waals surface area contributed by atoms with Crippen molar-refractivity contribution in [3.8, 4) is 0 Å². The predicted molar refractivity (Wildman–Crippen MR) is 79.7 cm³/mol. The quantitative estimate of drug-likeness (QED) is 0.914. The van der Waals surface area contributed by atoms with Crippen LogP contribution in [-0.2, 0) is 13.5 Å².